The Morgan fingerprint density at radius 2 is 1.03 bits per heavy atom. The number of piperidine rings is 2. The van der Waals surface area contributed by atoms with Gasteiger partial charge in [0.1, 0.15) is 0 Å². The van der Waals surface area contributed by atoms with Gasteiger partial charge in [0.15, 0.2) is 5.66 Å². The summed E-state index contributed by atoms with van der Waals surface area (Å²) in [4.78, 5) is 29.3. The van der Waals surface area contributed by atoms with Gasteiger partial charge in [-0.15, -0.1) is 0 Å². The molecule has 2 rings (SSSR count). The van der Waals surface area contributed by atoms with Gasteiger partial charge in [0.05, 0.1) is 0 Å². The van der Waals surface area contributed by atoms with Crippen molar-refractivity contribution in [2.75, 3.05) is 0 Å². The number of hydrogen-bond acceptors (Lipinski definition) is 4. The van der Waals surface area contributed by atoms with E-state index in [0.29, 0.717) is 0 Å². The molecule has 29 heavy (non-hydrogen) atoms. The number of carbonyl (C=O) groups is 2. The Balaban J connectivity index is 2.83. The fourth-order valence-electron chi connectivity index (χ4n) is 6.90. The minimum atomic E-state index is -1.39. The molecule has 2 N–H and O–H groups in total. The Morgan fingerprint density at radius 1 is 0.724 bits per heavy atom. The average molecular weight is 411 g/mol. The summed E-state index contributed by atoms with van der Waals surface area (Å²) in [7, 11) is 0. The highest BCUT2D eigenvalue weighted by Gasteiger charge is 2.64. The van der Waals surface area contributed by atoms with Crippen LogP contribution in [-0.4, -0.2) is 59.8 Å². The van der Waals surface area contributed by atoms with Crippen LogP contribution in [0.25, 0.3) is 0 Å². The van der Waals surface area contributed by atoms with E-state index in [1.807, 2.05) is 0 Å². The van der Waals surface area contributed by atoms with Gasteiger partial charge in [-0.05, 0) is 93.9 Å². The van der Waals surface area contributed by atoms with Gasteiger partial charge in [-0.25, -0.2) is 4.79 Å². The summed E-state index contributed by atoms with van der Waals surface area (Å²) in [6, 6.07) is 0. The molecule has 2 fully saturated rings. The van der Waals surface area contributed by atoms with Crippen molar-refractivity contribution in [1.82, 2.24) is 9.80 Å². The van der Waals surface area contributed by atoms with Crippen LogP contribution < -0.4 is 0 Å². The molecule has 0 bridgehead atoms. The fraction of sp³-hybridized carbons (Fsp3) is 0.913. The van der Waals surface area contributed by atoms with Crippen LogP contribution in [0.15, 0.2) is 0 Å². The van der Waals surface area contributed by atoms with E-state index < -0.39 is 17.6 Å². The molecule has 0 unspecified atom stereocenters. The molecule has 0 spiro atoms. The Kier molecular flexibility index (Phi) is 6.26. The summed E-state index contributed by atoms with van der Waals surface area (Å²) < 4.78 is 0. The molecule has 0 atom stereocenters. The molecule has 0 aromatic carbocycles. The first-order valence-corrected chi connectivity index (χ1v) is 11.1. The SMILES string of the molecule is CC1(C)CCCC(C)(C)N1C(CCC(=O)O)(C(=O)O)N1C(C)(C)CCCC1(C)C. The molecule has 2 aliphatic heterocycles. The highest BCUT2D eigenvalue weighted by molar-refractivity contribution is 5.80. The zero-order valence-electron chi connectivity index (χ0n) is 19.8. The number of nitrogens with zero attached hydrogens (tertiary/aromatic N) is 2. The molecular formula is C23H42N2O4. The van der Waals surface area contributed by atoms with Gasteiger partial charge >= 0.3 is 11.9 Å². The van der Waals surface area contributed by atoms with Crippen molar-refractivity contribution in [3.63, 3.8) is 0 Å². The molecule has 6 nitrogen and oxygen atoms in total. The van der Waals surface area contributed by atoms with E-state index in [0.717, 1.165) is 38.5 Å². The molecule has 2 heterocycles. The molecule has 168 valence electrons. The van der Waals surface area contributed by atoms with E-state index >= 15 is 0 Å². The number of hydrogen-bond donors (Lipinski definition) is 2. The first kappa shape index (κ1) is 24.1. The fourth-order valence-corrected chi connectivity index (χ4v) is 6.90. The number of carboxylic acid groups (broad SMARTS) is 2. The second-order valence-corrected chi connectivity index (χ2v) is 11.6. The van der Waals surface area contributed by atoms with E-state index in [1.54, 1.807) is 0 Å². The van der Waals surface area contributed by atoms with Crippen molar-refractivity contribution in [3.05, 3.63) is 0 Å². The van der Waals surface area contributed by atoms with Crippen molar-refractivity contribution in [2.45, 2.75) is 135 Å². The van der Waals surface area contributed by atoms with Gasteiger partial charge in [-0.2, -0.15) is 0 Å². The van der Waals surface area contributed by atoms with E-state index in [4.69, 9.17) is 0 Å². The normalized spacial score (nSPS) is 26.8. The largest absolute Gasteiger partial charge is 0.481 e. The first-order chi connectivity index (χ1) is 13.0. The number of carboxylic acids is 2. The zero-order chi connectivity index (χ0) is 22.5. The third-order valence-electron chi connectivity index (χ3n) is 7.35. The molecule has 0 aliphatic carbocycles. The molecule has 6 heteroatoms. The van der Waals surface area contributed by atoms with Crippen LogP contribution in [0, 0.1) is 0 Å². The third-order valence-corrected chi connectivity index (χ3v) is 7.35. The second kappa shape index (κ2) is 7.52. The van der Waals surface area contributed by atoms with Crippen molar-refractivity contribution in [2.24, 2.45) is 0 Å². The molecule has 0 aromatic rings. The van der Waals surface area contributed by atoms with Gasteiger partial charge in [-0.1, -0.05) is 0 Å². The molecule has 0 saturated carbocycles. The monoisotopic (exact) mass is 410 g/mol. The number of aliphatic carboxylic acids is 2. The number of rotatable bonds is 6. The molecule has 0 aromatic heterocycles. The summed E-state index contributed by atoms with van der Waals surface area (Å²) >= 11 is 0. The smallest absolute Gasteiger partial charge is 0.339 e. The second-order valence-electron chi connectivity index (χ2n) is 11.6. The maximum atomic E-state index is 13.3. The lowest BCUT2D eigenvalue weighted by molar-refractivity contribution is -0.246. The summed E-state index contributed by atoms with van der Waals surface area (Å²) in [6.07, 6.45) is 5.56. The Labute approximate surface area is 176 Å². The minimum absolute atomic E-state index is 0.0669. The quantitative estimate of drug-likeness (QED) is 0.659. The zero-order valence-corrected chi connectivity index (χ0v) is 19.8. The highest BCUT2D eigenvalue weighted by atomic mass is 16.4. The lowest BCUT2D eigenvalue weighted by Crippen LogP contribution is -2.82. The summed E-state index contributed by atoms with van der Waals surface area (Å²) in [5.41, 5.74) is -2.83. The van der Waals surface area contributed by atoms with Gasteiger partial charge in [0, 0.05) is 35.0 Å². The van der Waals surface area contributed by atoms with E-state index in [2.05, 4.69) is 65.2 Å². The molecular weight excluding hydrogens is 368 g/mol. The molecule has 0 radical (unpaired) electrons. The summed E-state index contributed by atoms with van der Waals surface area (Å²) in [5, 5.41) is 20.4. The van der Waals surface area contributed by atoms with Gasteiger partial charge < -0.3 is 10.2 Å². The van der Waals surface area contributed by atoms with Crippen molar-refractivity contribution < 1.29 is 19.8 Å². The van der Waals surface area contributed by atoms with Crippen LogP contribution in [0.5, 0.6) is 0 Å². The topological polar surface area (TPSA) is 81.1 Å². The first-order valence-electron chi connectivity index (χ1n) is 11.1. The maximum absolute atomic E-state index is 13.3. The van der Waals surface area contributed by atoms with Crippen molar-refractivity contribution >= 4 is 11.9 Å². The summed E-state index contributed by atoms with van der Waals surface area (Å²) in [6.45, 7) is 17.0. The van der Waals surface area contributed by atoms with E-state index in [-0.39, 0.29) is 35.0 Å². The van der Waals surface area contributed by atoms with Gasteiger partial charge in [0.2, 0.25) is 0 Å². The van der Waals surface area contributed by atoms with E-state index in [1.165, 1.54) is 0 Å². The predicted octanol–water partition coefficient (Wildman–Crippen LogP) is 4.72. The highest BCUT2D eigenvalue weighted by Crippen LogP contribution is 2.52. The van der Waals surface area contributed by atoms with E-state index in [9.17, 15) is 19.8 Å². The maximum Gasteiger partial charge on any atom is 0.339 e. The Bertz CT molecular complexity index is 581. The lowest BCUT2D eigenvalue weighted by atomic mass is 9.71. The van der Waals surface area contributed by atoms with Crippen LogP contribution in [0.1, 0.15) is 107 Å². The minimum Gasteiger partial charge on any atom is -0.481 e. The van der Waals surface area contributed by atoms with Crippen molar-refractivity contribution in [1.29, 1.82) is 0 Å². The van der Waals surface area contributed by atoms with Crippen LogP contribution in [0.4, 0.5) is 0 Å². The standard InChI is InChI=1S/C23H42N2O4/c1-19(2)12-9-13-20(3,4)24(19)23(18(28)29,16-11-17(26)27)25-21(5,6)14-10-15-22(25,7)8/h9-16H2,1-8H3,(H,26,27)(H,28,29). The lowest BCUT2D eigenvalue weighted by Gasteiger charge is -2.68. The van der Waals surface area contributed by atoms with Crippen LogP contribution in [0.2, 0.25) is 0 Å². The van der Waals surface area contributed by atoms with Crippen molar-refractivity contribution in [3.8, 4) is 0 Å². The summed E-state index contributed by atoms with van der Waals surface area (Å²) in [5.74, 6) is -1.87. The molecule has 2 saturated heterocycles. The number of likely N-dealkylation sites (tertiary alicyclic amines) is 2. The van der Waals surface area contributed by atoms with Crippen LogP contribution in [-0.2, 0) is 9.59 Å². The van der Waals surface area contributed by atoms with Crippen LogP contribution in [0.3, 0.4) is 0 Å². The van der Waals surface area contributed by atoms with Gasteiger partial charge in [0.25, 0.3) is 0 Å². The predicted molar refractivity (Wildman–Crippen MR) is 115 cm³/mol. The van der Waals surface area contributed by atoms with Gasteiger partial charge in [-0.3, -0.25) is 14.6 Å². The average Bonchev–Trinajstić information content (AvgIpc) is 2.48. The Hall–Kier alpha value is -1.14. The van der Waals surface area contributed by atoms with Crippen LogP contribution >= 0.6 is 0 Å². The molecule has 2 aliphatic rings. The Morgan fingerprint density at radius 3 is 1.28 bits per heavy atom. The third kappa shape index (κ3) is 4.20. The molecule has 0 amide bonds.